The van der Waals surface area contributed by atoms with Gasteiger partial charge in [0.25, 0.3) is 0 Å². The maximum atomic E-state index is 5.07. The maximum absolute atomic E-state index is 5.07. The monoisotopic (exact) mass is 741 g/mol. The Morgan fingerprint density at radius 3 is 1.49 bits per heavy atom. The van der Waals surface area contributed by atoms with E-state index in [1.165, 1.54) is 96.1 Å². The van der Waals surface area contributed by atoms with Gasteiger partial charge in [0, 0.05) is 60.2 Å². The van der Waals surface area contributed by atoms with Crippen molar-refractivity contribution in [3.63, 3.8) is 0 Å². The first-order valence-corrected chi connectivity index (χ1v) is 20.3. The predicted molar refractivity (Wildman–Crippen MR) is 244 cm³/mol. The number of para-hydroxylation sites is 3. The Balaban J connectivity index is 1.06. The molecule has 57 heavy (non-hydrogen) atoms. The van der Waals surface area contributed by atoms with Crippen LogP contribution in [-0.4, -0.2) is 14.1 Å². The summed E-state index contributed by atoms with van der Waals surface area (Å²) in [6, 6.07) is 66.8. The second kappa shape index (κ2) is 11.6. The van der Waals surface area contributed by atoms with Crippen molar-refractivity contribution >= 4 is 107 Å². The first kappa shape index (κ1) is 31.0. The van der Waals surface area contributed by atoms with Gasteiger partial charge < -0.3 is 9.13 Å². The third-order valence-corrected chi connectivity index (χ3v) is 13.2. The molecule has 13 aromatic rings. The fourth-order valence-corrected chi connectivity index (χ4v) is 10.7. The molecule has 264 valence electrons. The summed E-state index contributed by atoms with van der Waals surface area (Å²) in [4.78, 5) is 5.07. The molecule has 4 heterocycles. The minimum absolute atomic E-state index is 0.984. The number of hydrogen-bond acceptors (Lipinski definition) is 2. The van der Waals surface area contributed by atoms with E-state index in [-0.39, 0.29) is 0 Å². The number of rotatable bonds is 3. The zero-order valence-electron chi connectivity index (χ0n) is 30.6. The highest BCUT2D eigenvalue weighted by Gasteiger charge is 2.22. The van der Waals surface area contributed by atoms with Crippen LogP contribution in [0.3, 0.4) is 0 Å². The molecule has 0 radical (unpaired) electrons. The van der Waals surface area contributed by atoms with E-state index in [2.05, 4.69) is 197 Å². The molecule has 0 atom stereocenters. The molecule has 0 saturated heterocycles. The molecule has 0 spiro atoms. The summed E-state index contributed by atoms with van der Waals surface area (Å²) >= 11 is 1.81. The van der Waals surface area contributed by atoms with Gasteiger partial charge in [0.2, 0.25) is 0 Å². The number of aromatic nitrogens is 3. The smallest absolute Gasteiger partial charge is 0.0788 e. The van der Waals surface area contributed by atoms with Crippen molar-refractivity contribution in [2.45, 2.75) is 0 Å². The van der Waals surface area contributed by atoms with E-state index < -0.39 is 0 Å². The fourth-order valence-electron chi connectivity index (χ4n) is 9.65. The molecule has 3 nitrogen and oxygen atoms in total. The second-order valence-corrected chi connectivity index (χ2v) is 16.2. The van der Waals surface area contributed by atoms with Crippen LogP contribution in [0.1, 0.15) is 0 Å². The van der Waals surface area contributed by atoms with Crippen LogP contribution in [0.5, 0.6) is 0 Å². The van der Waals surface area contributed by atoms with Gasteiger partial charge in [-0.25, -0.2) is 0 Å². The van der Waals surface area contributed by atoms with E-state index in [0.717, 1.165) is 22.6 Å². The number of hydrogen-bond donors (Lipinski definition) is 0. The van der Waals surface area contributed by atoms with Crippen molar-refractivity contribution < 1.29 is 0 Å². The van der Waals surface area contributed by atoms with Crippen LogP contribution in [0.2, 0.25) is 0 Å². The van der Waals surface area contributed by atoms with Gasteiger partial charge in [-0.1, -0.05) is 127 Å². The van der Waals surface area contributed by atoms with Crippen molar-refractivity contribution in [2.24, 2.45) is 0 Å². The molecule has 0 aliphatic heterocycles. The molecule has 0 aliphatic carbocycles. The SMILES string of the molecule is c1ccc(-n2c3ccccc3c3ccc4c5ccccc5n(-c5ccc6sc7cnc(-c8ccc9c%10ccccc%10c%10ccccc%10c9c8)cc7c6c5)c4c32)cc1. The van der Waals surface area contributed by atoms with E-state index in [4.69, 9.17) is 4.98 Å². The van der Waals surface area contributed by atoms with Crippen LogP contribution >= 0.6 is 11.3 Å². The largest absolute Gasteiger partial charge is 0.307 e. The summed E-state index contributed by atoms with van der Waals surface area (Å²) in [7, 11) is 0. The molecule has 13 rings (SSSR count). The summed E-state index contributed by atoms with van der Waals surface area (Å²) in [5.41, 5.74) is 9.24. The van der Waals surface area contributed by atoms with Gasteiger partial charge in [0.05, 0.1) is 32.5 Å². The predicted octanol–water partition coefficient (Wildman–Crippen LogP) is 14.8. The van der Waals surface area contributed by atoms with Crippen LogP contribution in [-0.2, 0) is 0 Å². The van der Waals surface area contributed by atoms with Crippen molar-refractivity contribution in [3.8, 4) is 22.6 Å². The van der Waals surface area contributed by atoms with E-state index >= 15 is 0 Å². The molecule has 0 unspecified atom stereocenters. The van der Waals surface area contributed by atoms with Crippen molar-refractivity contribution in [2.75, 3.05) is 0 Å². The molecule has 0 saturated carbocycles. The average Bonchev–Trinajstić information content (AvgIpc) is 3.94. The summed E-state index contributed by atoms with van der Waals surface area (Å²) in [6.07, 6.45) is 2.07. The minimum Gasteiger partial charge on any atom is -0.307 e. The van der Waals surface area contributed by atoms with Crippen molar-refractivity contribution in [1.29, 1.82) is 0 Å². The third-order valence-electron chi connectivity index (χ3n) is 12.1. The van der Waals surface area contributed by atoms with Crippen molar-refractivity contribution in [1.82, 2.24) is 14.1 Å². The number of pyridine rings is 1. The van der Waals surface area contributed by atoms with Gasteiger partial charge in [-0.05, 0) is 86.9 Å². The summed E-state index contributed by atoms with van der Waals surface area (Å²) in [6.45, 7) is 0. The zero-order chi connectivity index (χ0) is 37.2. The Bertz CT molecular complexity index is 3770. The molecule has 0 bridgehead atoms. The minimum atomic E-state index is 0.984. The molecular weight excluding hydrogens is 711 g/mol. The Labute approximate surface area is 330 Å². The Morgan fingerprint density at radius 2 is 0.842 bits per heavy atom. The first-order chi connectivity index (χ1) is 28.3. The van der Waals surface area contributed by atoms with Crippen LogP contribution in [0.15, 0.2) is 188 Å². The van der Waals surface area contributed by atoms with Crippen molar-refractivity contribution in [3.05, 3.63) is 188 Å². The normalized spacial score (nSPS) is 12.2. The lowest BCUT2D eigenvalue weighted by atomic mass is 9.93. The highest BCUT2D eigenvalue weighted by atomic mass is 32.1. The van der Waals surface area contributed by atoms with Crippen LogP contribution in [0, 0.1) is 0 Å². The zero-order valence-corrected chi connectivity index (χ0v) is 31.5. The van der Waals surface area contributed by atoms with Gasteiger partial charge in [0.15, 0.2) is 0 Å². The van der Waals surface area contributed by atoms with E-state index in [9.17, 15) is 0 Å². The number of nitrogens with zero attached hydrogens (tertiary/aromatic N) is 3. The van der Waals surface area contributed by atoms with Crippen LogP contribution in [0.4, 0.5) is 0 Å². The third kappa shape index (κ3) is 4.33. The molecule has 0 amide bonds. The quantitative estimate of drug-likeness (QED) is 0.165. The maximum Gasteiger partial charge on any atom is 0.0788 e. The van der Waals surface area contributed by atoms with Crippen LogP contribution < -0.4 is 0 Å². The molecule has 9 aromatic carbocycles. The lowest BCUT2D eigenvalue weighted by Gasteiger charge is -2.13. The summed E-state index contributed by atoms with van der Waals surface area (Å²) in [5, 5.41) is 15.1. The van der Waals surface area contributed by atoms with Gasteiger partial charge in [0.1, 0.15) is 0 Å². The lowest BCUT2D eigenvalue weighted by Crippen LogP contribution is -1.98. The fraction of sp³-hybridized carbons (Fsp3) is 0. The van der Waals surface area contributed by atoms with E-state index in [1.807, 2.05) is 11.3 Å². The molecular formula is C53H31N3S. The number of benzene rings is 9. The van der Waals surface area contributed by atoms with Gasteiger partial charge in [-0.3, -0.25) is 4.98 Å². The molecule has 4 aromatic heterocycles. The van der Waals surface area contributed by atoms with E-state index in [1.54, 1.807) is 0 Å². The summed E-state index contributed by atoms with van der Waals surface area (Å²) < 4.78 is 7.40. The van der Waals surface area contributed by atoms with E-state index in [0.29, 0.717) is 0 Å². The lowest BCUT2D eigenvalue weighted by molar-refractivity contribution is 1.15. The summed E-state index contributed by atoms with van der Waals surface area (Å²) in [5.74, 6) is 0. The Kier molecular flexibility index (Phi) is 6.32. The highest BCUT2D eigenvalue weighted by molar-refractivity contribution is 7.25. The Hall–Kier alpha value is -7.27. The standard InChI is InChI=1S/C53H31N3S/c1-2-12-33(13-3-1)55-48-20-10-8-18-40(48)42-25-26-43-41-19-9-11-21-49(41)56(53(43)52(42)55)34-23-27-50-45(29-34)46-30-47(54-31-51(46)57-50)32-22-24-39-37-16-5-4-14-35(37)36-15-6-7-17-38(36)44(39)28-32/h1-31H. The molecule has 4 heteroatoms. The van der Waals surface area contributed by atoms with Gasteiger partial charge in [-0.15, -0.1) is 11.3 Å². The van der Waals surface area contributed by atoms with Gasteiger partial charge in [-0.2, -0.15) is 0 Å². The van der Waals surface area contributed by atoms with Gasteiger partial charge >= 0.3 is 0 Å². The number of fused-ring (bicyclic) bond motifs is 16. The second-order valence-electron chi connectivity index (χ2n) is 15.1. The topological polar surface area (TPSA) is 22.8 Å². The van der Waals surface area contributed by atoms with Crippen LogP contribution in [0.25, 0.3) is 119 Å². The molecule has 0 N–H and O–H groups in total. The molecule has 0 aliphatic rings. The molecule has 0 fully saturated rings. The highest BCUT2D eigenvalue weighted by Crippen LogP contribution is 2.44. The Morgan fingerprint density at radius 1 is 0.333 bits per heavy atom. The number of thiophene rings is 1. The average molecular weight is 742 g/mol. The first-order valence-electron chi connectivity index (χ1n) is 19.5.